The highest BCUT2D eigenvalue weighted by atomic mass is 32.2. The van der Waals surface area contributed by atoms with Gasteiger partial charge in [-0.15, -0.1) is 10.2 Å². The number of aromatic nitrogens is 2. The number of thioether (sulfide) groups is 1. The summed E-state index contributed by atoms with van der Waals surface area (Å²) in [4.78, 5) is 14.4. The van der Waals surface area contributed by atoms with Gasteiger partial charge in [-0.25, -0.2) is 12.8 Å². The number of hydrogen-bond donors (Lipinski definition) is 0. The highest BCUT2D eigenvalue weighted by Gasteiger charge is 2.42. The summed E-state index contributed by atoms with van der Waals surface area (Å²) in [5.41, 5.74) is 0.595. The molecule has 2 aromatic rings. The molecule has 144 valence electrons. The van der Waals surface area contributed by atoms with Crippen molar-refractivity contribution < 1.29 is 22.0 Å². The molecule has 7 nitrogen and oxygen atoms in total. The van der Waals surface area contributed by atoms with Crippen LogP contribution in [0.5, 0.6) is 0 Å². The molecule has 1 atom stereocenters. The van der Waals surface area contributed by atoms with Gasteiger partial charge in [-0.3, -0.25) is 4.79 Å². The molecular weight excluding hydrogens is 393 g/mol. The van der Waals surface area contributed by atoms with E-state index in [1.165, 1.54) is 24.3 Å². The maximum Gasteiger partial charge on any atom is 0.277 e. The summed E-state index contributed by atoms with van der Waals surface area (Å²) in [6.07, 6.45) is 2.34. The van der Waals surface area contributed by atoms with Crippen LogP contribution in [-0.2, 0) is 14.6 Å². The van der Waals surface area contributed by atoms with E-state index in [-0.39, 0.29) is 52.2 Å². The quantitative estimate of drug-likeness (QED) is 0.672. The lowest BCUT2D eigenvalue weighted by atomic mass is 10.2. The van der Waals surface area contributed by atoms with E-state index < -0.39 is 9.84 Å². The number of carbonyl (C=O) groups is 1. The van der Waals surface area contributed by atoms with Crippen molar-refractivity contribution in [2.75, 3.05) is 17.3 Å². The van der Waals surface area contributed by atoms with Crippen molar-refractivity contribution >= 4 is 27.5 Å². The molecule has 1 aliphatic carbocycles. The Kier molecular flexibility index (Phi) is 4.94. The van der Waals surface area contributed by atoms with Crippen LogP contribution in [-0.4, -0.2) is 58.8 Å². The van der Waals surface area contributed by atoms with Crippen molar-refractivity contribution in [3.63, 3.8) is 0 Å². The number of carbonyl (C=O) groups excluding carboxylic acids is 1. The van der Waals surface area contributed by atoms with Crippen molar-refractivity contribution in [3.8, 4) is 11.5 Å². The Morgan fingerprint density at radius 3 is 2.56 bits per heavy atom. The van der Waals surface area contributed by atoms with E-state index in [0.29, 0.717) is 12.0 Å². The second-order valence-electron chi connectivity index (χ2n) is 6.76. The maximum absolute atomic E-state index is 13.0. The zero-order valence-electron chi connectivity index (χ0n) is 14.4. The standard InChI is InChI=1S/C17H18FN3O4S2/c18-12-3-1-11(2-4-12)16-19-20-17(25-16)26-9-15(22)21(13-5-6-13)14-7-8-27(23,24)10-14/h1-4,13-14H,5-10H2/t14-/m1/s1. The molecule has 1 saturated heterocycles. The molecule has 1 saturated carbocycles. The Morgan fingerprint density at radius 2 is 1.93 bits per heavy atom. The summed E-state index contributed by atoms with van der Waals surface area (Å²) >= 11 is 1.12. The van der Waals surface area contributed by atoms with Crippen LogP contribution < -0.4 is 0 Å². The Hall–Kier alpha value is -1.94. The lowest BCUT2D eigenvalue weighted by Crippen LogP contribution is -2.43. The summed E-state index contributed by atoms with van der Waals surface area (Å²) in [6, 6.07) is 5.61. The molecule has 1 aromatic heterocycles. The number of nitrogens with zero attached hydrogens (tertiary/aromatic N) is 3. The van der Waals surface area contributed by atoms with Crippen LogP contribution in [0, 0.1) is 5.82 Å². The van der Waals surface area contributed by atoms with Crippen molar-refractivity contribution in [1.82, 2.24) is 15.1 Å². The first-order valence-electron chi connectivity index (χ1n) is 8.65. The summed E-state index contributed by atoms with van der Waals surface area (Å²) in [7, 11) is -3.05. The second-order valence-corrected chi connectivity index (χ2v) is 9.91. The second kappa shape index (κ2) is 7.23. The SMILES string of the molecule is O=C(CSc1nnc(-c2ccc(F)cc2)o1)N(C1CC1)[C@@H]1CCS(=O)(=O)C1. The highest BCUT2D eigenvalue weighted by molar-refractivity contribution is 7.99. The van der Waals surface area contributed by atoms with Crippen LogP contribution in [0.3, 0.4) is 0 Å². The largest absolute Gasteiger partial charge is 0.411 e. The molecule has 27 heavy (non-hydrogen) atoms. The van der Waals surface area contributed by atoms with E-state index in [1.54, 1.807) is 4.90 Å². The maximum atomic E-state index is 13.0. The Bertz CT molecular complexity index is 941. The first-order chi connectivity index (χ1) is 12.9. The average Bonchev–Trinajstić information content (AvgIpc) is 3.22. The third kappa shape index (κ3) is 4.32. The molecule has 1 aliphatic heterocycles. The van der Waals surface area contributed by atoms with Gasteiger partial charge in [0.25, 0.3) is 5.22 Å². The summed E-state index contributed by atoms with van der Waals surface area (Å²) in [6.45, 7) is 0. The molecule has 0 N–H and O–H groups in total. The first-order valence-corrected chi connectivity index (χ1v) is 11.5. The molecule has 0 unspecified atom stereocenters. The fourth-order valence-electron chi connectivity index (χ4n) is 3.23. The van der Waals surface area contributed by atoms with Gasteiger partial charge < -0.3 is 9.32 Å². The number of amides is 1. The van der Waals surface area contributed by atoms with Crippen LogP contribution in [0.25, 0.3) is 11.5 Å². The third-order valence-corrected chi connectivity index (χ3v) is 7.20. The van der Waals surface area contributed by atoms with Gasteiger partial charge in [0.1, 0.15) is 5.82 Å². The molecule has 10 heteroatoms. The summed E-state index contributed by atoms with van der Waals surface area (Å²) in [5.74, 6) is 0.101. The topological polar surface area (TPSA) is 93.4 Å². The molecule has 0 radical (unpaired) electrons. The van der Waals surface area contributed by atoms with Gasteiger partial charge in [0, 0.05) is 17.6 Å². The molecule has 1 aromatic carbocycles. The predicted octanol–water partition coefficient (Wildman–Crippen LogP) is 2.15. The van der Waals surface area contributed by atoms with Crippen LogP contribution >= 0.6 is 11.8 Å². The van der Waals surface area contributed by atoms with E-state index in [1.807, 2.05) is 0 Å². The van der Waals surface area contributed by atoms with E-state index in [0.717, 1.165) is 24.6 Å². The van der Waals surface area contributed by atoms with Gasteiger partial charge in [0.15, 0.2) is 9.84 Å². The highest BCUT2D eigenvalue weighted by Crippen LogP contribution is 2.33. The molecule has 0 spiro atoms. The lowest BCUT2D eigenvalue weighted by Gasteiger charge is -2.28. The van der Waals surface area contributed by atoms with Gasteiger partial charge in [-0.05, 0) is 43.5 Å². The van der Waals surface area contributed by atoms with Crippen LogP contribution in [0.4, 0.5) is 4.39 Å². The van der Waals surface area contributed by atoms with Crippen molar-refractivity contribution in [1.29, 1.82) is 0 Å². The normalized spacial score (nSPS) is 21.3. The van der Waals surface area contributed by atoms with Gasteiger partial charge in [0.2, 0.25) is 11.8 Å². The van der Waals surface area contributed by atoms with Gasteiger partial charge in [-0.2, -0.15) is 0 Å². The van der Waals surface area contributed by atoms with Crippen molar-refractivity contribution in [3.05, 3.63) is 30.1 Å². The number of benzene rings is 1. The number of rotatable bonds is 6. The van der Waals surface area contributed by atoms with E-state index in [4.69, 9.17) is 4.42 Å². The fourth-order valence-corrected chi connectivity index (χ4v) is 5.57. The molecular formula is C17H18FN3O4S2. The van der Waals surface area contributed by atoms with E-state index >= 15 is 0 Å². The Morgan fingerprint density at radius 1 is 1.19 bits per heavy atom. The molecule has 0 bridgehead atoms. The van der Waals surface area contributed by atoms with Gasteiger partial charge >= 0.3 is 0 Å². The van der Waals surface area contributed by atoms with Gasteiger partial charge in [0.05, 0.1) is 17.3 Å². The minimum atomic E-state index is -3.05. The number of halogens is 1. The number of hydrogen-bond acceptors (Lipinski definition) is 7. The minimum Gasteiger partial charge on any atom is -0.411 e. The van der Waals surface area contributed by atoms with Crippen LogP contribution in [0.15, 0.2) is 33.9 Å². The zero-order chi connectivity index (χ0) is 19.0. The molecule has 1 amide bonds. The van der Waals surface area contributed by atoms with Crippen molar-refractivity contribution in [2.45, 2.75) is 36.6 Å². The van der Waals surface area contributed by atoms with Gasteiger partial charge in [-0.1, -0.05) is 11.8 Å². The molecule has 2 aliphatic rings. The minimum absolute atomic E-state index is 0.0508. The molecule has 2 heterocycles. The Labute approximate surface area is 160 Å². The predicted molar refractivity (Wildman–Crippen MR) is 97.3 cm³/mol. The van der Waals surface area contributed by atoms with E-state index in [9.17, 15) is 17.6 Å². The number of sulfone groups is 1. The summed E-state index contributed by atoms with van der Waals surface area (Å²) < 4.78 is 42.0. The average molecular weight is 411 g/mol. The third-order valence-electron chi connectivity index (χ3n) is 4.65. The lowest BCUT2D eigenvalue weighted by molar-refractivity contribution is -0.130. The monoisotopic (exact) mass is 411 g/mol. The smallest absolute Gasteiger partial charge is 0.277 e. The Balaban J connectivity index is 1.39. The van der Waals surface area contributed by atoms with Crippen LogP contribution in [0.2, 0.25) is 0 Å². The first kappa shape index (κ1) is 18.4. The molecule has 2 fully saturated rings. The zero-order valence-corrected chi connectivity index (χ0v) is 16.0. The van der Waals surface area contributed by atoms with Crippen LogP contribution in [0.1, 0.15) is 19.3 Å². The fraction of sp³-hybridized carbons (Fsp3) is 0.471. The van der Waals surface area contributed by atoms with Crippen molar-refractivity contribution in [2.24, 2.45) is 0 Å². The summed E-state index contributed by atoms with van der Waals surface area (Å²) in [5, 5.41) is 8.08. The molecule has 4 rings (SSSR count). The van der Waals surface area contributed by atoms with E-state index in [2.05, 4.69) is 10.2 Å².